The fourth-order valence-corrected chi connectivity index (χ4v) is 2.00. The second-order valence-corrected chi connectivity index (χ2v) is 5.56. The molecular formula is C2H9O5PS. The number of rotatable bonds is 2. The molecule has 0 unspecified atom stereocenters. The summed E-state index contributed by atoms with van der Waals surface area (Å²) >= 11 is 0. The largest absolute Gasteiger partial charge is 0.328 e. The van der Waals surface area contributed by atoms with Crippen LogP contribution in [-0.4, -0.2) is 28.9 Å². The molecule has 0 saturated carbocycles. The van der Waals surface area contributed by atoms with Crippen molar-refractivity contribution in [1.82, 2.24) is 0 Å². The highest BCUT2D eigenvalue weighted by Crippen LogP contribution is 2.36. The van der Waals surface area contributed by atoms with E-state index >= 15 is 0 Å². The van der Waals surface area contributed by atoms with E-state index in [0.29, 0.717) is 0 Å². The van der Waals surface area contributed by atoms with Crippen molar-refractivity contribution in [2.24, 2.45) is 0 Å². The lowest BCUT2D eigenvalue weighted by Crippen LogP contribution is -1.97. The molecule has 3 N–H and O–H groups in total. The molecule has 0 radical (unpaired) electrons. The van der Waals surface area contributed by atoms with Gasteiger partial charge in [0.2, 0.25) is 0 Å². The molecule has 0 aromatic carbocycles. The monoisotopic (exact) mass is 176 g/mol. The van der Waals surface area contributed by atoms with Crippen molar-refractivity contribution in [3.8, 4) is 0 Å². The maximum atomic E-state index is 8.46. The zero-order valence-corrected chi connectivity index (χ0v) is 6.72. The van der Waals surface area contributed by atoms with E-state index in [-0.39, 0.29) is 0 Å². The summed E-state index contributed by atoms with van der Waals surface area (Å²) in [4.78, 5) is 25.4. The first kappa shape index (κ1) is 9.58. The van der Waals surface area contributed by atoms with Gasteiger partial charge in [0.05, 0.1) is 14.2 Å². The fraction of sp³-hybridized carbons (Fsp3) is 1.00. The van der Waals surface area contributed by atoms with E-state index in [9.17, 15) is 0 Å². The van der Waals surface area contributed by atoms with Crippen molar-refractivity contribution in [1.29, 1.82) is 0 Å². The van der Waals surface area contributed by atoms with Gasteiger partial charge in [0.25, 0.3) is 0 Å². The average Bonchev–Trinajstić information content (AvgIpc) is 1.65. The van der Waals surface area contributed by atoms with E-state index in [1.54, 1.807) is 0 Å². The molecule has 9 heavy (non-hydrogen) atoms. The van der Waals surface area contributed by atoms with E-state index in [4.69, 9.17) is 14.7 Å². The molecule has 0 spiro atoms. The van der Waals surface area contributed by atoms with Gasteiger partial charge in [-0.15, -0.1) is 0 Å². The summed E-state index contributed by atoms with van der Waals surface area (Å²) in [5.74, 6) is 0. The van der Waals surface area contributed by atoms with Crippen LogP contribution in [0.15, 0.2) is 0 Å². The molecule has 0 rings (SSSR count). The van der Waals surface area contributed by atoms with Crippen LogP contribution in [0.1, 0.15) is 0 Å². The first-order chi connectivity index (χ1) is 4.02. The van der Waals surface area contributed by atoms with Gasteiger partial charge in [-0.3, -0.25) is 8.37 Å². The van der Waals surface area contributed by atoms with Crippen LogP contribution >= 0.6 is 6.72 Å². The summed E-state index contributed by atoms with van der Waals surface area (Å²) in [6.07, 6.45) is 0. The Kier molecular flexibility index (Phi) is 3.91. The third-order valence-electron chi connectivity index (χ3n) is 0.485. The molecular weight excluding hydrogens is 167 g/mol. The molecule has 0 heterocycles. The molecule has 0 aliphatic rings. The van der Waals surface area contributed by atoms with Crippen molar-refractivity contribution < 1.29 is 23.0 Å². The molecule has 0 aliphatic carbocycles. The predicted molar refractivity (Wildman–Crippen MR) is 35.0 cm³/mol. The lowest BCUT2D eigenvalue weighted by molar-refractivity contribution is 0.335. The second-order valence-electron chi connectivity index (χ2n) is 1.06. The highest BCUT2D eigenvalue weighted by Gasteiger charge is 2.11. The van der Waals surface area contributed by atoms with Crippen LogP contribution in [0.5, 0.6) is 0 Å². The molecule has 0 saturated heterocycles. The maximum Gasteiger partial charge on any atom is 0.328 e. The molecule has 0 bridgehead atoms. The van der Waals surface area contributed by atoms with Crippen LogP contribution in [0.25, 0.3) is 0 Å². The molecule has 0 atom stereocenters. The third-order valence-corrected chi connectivity index (χ3v) is 3.55. The van der Waals surface area contributed by atoms with E-state index < -0.39 is 17.4 Å². The lowest BCUT2D eigenvalue weighted by Gasteiger charge is -2.08. The zero-order valence-electron chi connectivity index (χ0n) is 5.01. The van der Waals surface area contributed by atoms with Crippen LogP contribution in [-0.2, 0) is 19.0 Å². The summed E-state index contributed by atoms with van der Waals surface area (Å²) in [6.45, 7) is -3.94. The number of hydrogen-bond acceptors (Lipinski definition) is 2. The maximum absolute atomic E-state index is 8.46. The highest BCUT2D eigenvalue weighted by molar-refractivity contribution is 8.22. The lowest BCUT2D eigenvalue weighted by atomic mass is 11.8. The Labute approximate surface area is 55.4 Å². The Morgan fingerprint density at radius 3 is 1.44 bits per heavy atom. The van der Waals surface area contributed by atoms with Gasteiger partial charge >= 0.3 is 6.72 Å². The quantitative estimate of drug-likeness (QED) is 0.489. The van der Waals surface area contributed by atoms with Crippen LogP contribution < -0.4 is 0 Å². The Hall–Kier alpha value is 0.580. The van der Waals surface area contributed by atoms with Gasteiger partial charge in [0.1, 0.15) is 0 Å². The molecule has 0 fully saturated rings. The summed E-state index contributed by atoms with van der Waals surface area (Å²) in [7, 11) is 0.847. The van der Waals surface area contributed by atoms with Gasteiger partial charge in [-0.1, -0.05) is 0 Å². The summed E-state index contributed by atoms with van der Waals surface area (Å²) in [5.41, 5.74) is 0. The van der Waals surface area contributed by atoms with Crippen LogP contribution in [0.4, 0.5) is 0 Å². The van der Waals surface area contributed by atoms with Gasteiger partial charge < -0.3 is 14.7 Å². The first-order valence-electron chi connectivity index (χ1n) is 1.93. The van der Waals surface area contributed by atoms with Crippen molar-refractivity contribution in [3.05, 3.63) is 0 Å². The second kappa shape index (κ2) is 3.68. The molecule has 5 nitrogen and oxygen atoms in total. The van der Waals surface area contributed by atoms with Crippen molar-refractivity contribution in [2.45, 2.75) is 0 Å². The summed E-state index contributed by atoms with van der Waals surface area (Å²) in [6, 6.07) is 0. The topological polar surface area (TPSA) is 79.2 Å². The van der Waals surface area contributed by atoms with Gasteiger partial charge in [-0.2, -0.15) is 0 Å². The number of hydrogen-bond donors (Lipinski definition) is 3. The highest BCUT2D eigenvalue weighted by atomic mass is 32.5. The van der Waals surface area contributed by atoms with Crippen molar-refractivity contribution >= 4 is 17.4 Å². The third kappa shape index (κ3) is 3.32. The molecule has 0 amide bonds. The summed E-state index contributed by atoms with van der Waals surface area (Å²) in [5, 5.41) is 0. The minimum absolute atomic E-state index is 1.21. The molecule has 58 valence electrons. The SMILES string of the molecule is COS(OC)=P(O)(O)O. The van der Waals surface area contributed by atoms with Crippen LogP contribution in [0.3, 0.4) is 0 Å². The smallest absolute Gasteiger partial charge is 0.326 e. The Bertz CT molecular complexity index is 124. The van der Waals surface area contributed by atoms with E-state index in [1.165, 1.54) is 14.2 Å². The normalized spacial score (nSPS) is 12.7. The molecule has 0 aromatic rings. The van der Waals surface area contributed by atoms with Gasteiger partial charge in [0, 0.05) is 0 Å². The molecule has 0 aromatic heterocycles. The zero-order chi connectivity index (χ0) is 7.49. The van der Waals surface area contributed by atoms with E-state index in [2.05, 4.69) is 8.37 Å². The fourth-order valence-electron chi connectivity index (χ4n) is 0.268. The standard InChI is InChI=1S/C2H9O5PS/c1-6-9(7-2)8(3,4)5/h3-5H,1-2H3. The summed E-state index contributed by atoms with van der Waals surface area (Å²) < 4.78 is 8.74. The van der Waals surface area contributed by atoms with Gasteiger partial charge in [-0.25, -0.2) is 0 Å². The van der Waals surface area contributed by atoms with Crippen molar-refractivity contribution in [3.63, 3.8) is 0 Å². The minimum Gasteiger partial charge on any atom is -0.326 e. The predicted octanol–water partition coefficient (Wildman–Crippen LogP) is -0.618. The van der Waals surface area contributed by atoms with Gasteiger partial charge in [0.15, 0.2) is 10.6 Å². The van der Waals surface area contributed by atoms with E-state index in [0.717, 1.165) is 0 Å². The molecule has 7 heteroatoms. The Balaban J connectivity index is 4.40. The average molecular weight is 176 g/mol. The van der Waals surface area contributed by atoms with E-state index in [1.807, 2.05) is 0 Å². The van der Waals surface area contributed by atoms with Crippen molar-refractivity contribution in [2.75, 3.05) is 14.2 Å². The van der Waals surface area contributed by atoms with Gasteiger partial charge in [-0.05, 0) is 0 Å². The first-order valence-corrected chi connectivity index (χ1v) is 5.26. The van der Waals surface area contributed by atoms with Crippen LogP contribution in [0, 0.1) is 0 Å². The van der Waals surface area contributed by atoms with Crippen LogP contribution in [0.2, 0.25) is 0 Å². The minimum atomic E-state index is -3.94. The molecule has 0 aliphatic heterocycles. The Morgan fingerprint density at radius 1 is 1.11 bits per heavy atom. The Morgan fingerprint density at radius 2 is 1.44 bits per heavy atom.